The third-order valence-corrected chi connectivity index (χ3v) is 1.19. The van der Waals surface area contributed by atoms with E-state index in [1.54, 1.807) is 6.07 Å². The van der Waals surface area contributed by atoms with Crippen molar-refractivity contribution in [3.8, 4) is 0 Å². The van der Waals surface area contributed by atoms with Gasteiger partial charge in [0.2, 0.25) is 5.82 Å². The van der Waals surface area contributed by atoms with Gasteiger partial charge in [-0.05, 0) is 12.5 Å². The number of esters is 1. The van der Waals surface area contributed by atoms with E-state index in [1.165, 1.54) is 12.4 Å². The van der Waals surface area contributed by atoms with Crippen LogP contribution in [0.5, 0.6) is 0 Å². The molecule has 0 aliphatic heterocycles. The third-order valence-electron chi connectivity index (χ3n) is 1.19. The van der Waals surface area contributed by atoms with Crippen LogP contribution in [-0.4, -0.2) is 22.5 Å². The van der Waals surface area contributed by atoms with Gasteiger partial charge in [0, 0.05) is 12.4 Å². The number of rotatable bonds is 3. The van der Waals surface area contributed by atoms with Gasteiger partial charge in [-0.1, -0.05) is 6.92 Å². The highest BCUT2D eigenvalue weighted by molar-refractivity contribution is 5.84. The summed E-state index contributed by atoms with van der Waals surface area (Å²) in [7, 11) is 0. The molecule has 0 aliphatic rings. The Labute approximate surface area is 70.6 Å². The first kappa shape index (κ1) is 8.64. The molecule has 1 heterocycles. The normalized spacial score (nSPS) is 9.42. The lowest BCUT2D eigenvalue weighted by atomic mass is 10.5. The molecular weight excluding hydrogens is 156 g/mol. The molecule has 4 heteroatoms. The van der Waals surface area contributed by atoms with Crippen LogP contribution >= 0.6 is 0 Å². The first-order chi connectivity index (χ1) is 5.84. The minimum absolute atomic E-state index is 0.117. The van der Waals surface area contributed by atoms with Gasteiger partial charge < -0.3 is 4.74 Å². The number of aromatic nitrogens is 2. The number of nitrogens with zero attached hydrogens (tertiary/aromatic N) is 2. The number of hydrogen-bond acceptors (Lipinski definition) is 4. The predicted molar refractivity (Wildman–Crippen MR) is 42.6 cm³/mol. The van der Waals surface area contributed by atoms with E-state index in [2.05, 4.69) is 9.97 Å². The summed E-state index contributed by atoms with van der Waals surface area (Å²) in [6, 6.07) is 1.65. The molecule has 0 aromatic carbocycles. The van der Waals surface area contributed by atoms with Crippen LogP contribution in [0.25, 0.3) is 0 Å². The van der Waals surface area contributed by atoms with Gasteiger partial charge >= 0.3 is 5.97 Å². The van der Waals surface area contributed by atoms with Gasteiger partial charge in [-0.2, -0.15) is 0 Å². The molecular formula is C8H10N2O2. The highest BCUT2D eigenvalue weighted by Crippen LogP contribution is 1.92. The van der Waals surface area contributed by atoms with E-state index in [4.69, 9.17) is 4.74 Å². The number of carbonyl (C=O) groups is 1. The molecule has 12 heavy (non-hydrogen) atoms. The van der Waals surface area contributed by atoms with Crippen molar-refractivity contribution in [2.45, 2.75) is 13.3 Å². The van der Waals surface area contributed by atoms with Crippen LogP contribution in [0, 0.1) is 0 Å². The molecule has 0 unspecified atom stereocenters. The molecule has 1 rings (SSSR count). The summed E-state index contributed by atoms with van der Waals surface area (Å²) >= 11 is 0. The van der Waals surface area contributed by atoms with E-state index in [1.807, 2.05) is 6.92 Å². The first-order valence-corrected chi connectivity index (χ1v) is 3.78. The van der Waals surface area contributed by atoms with Crippen LogP contribution < -0.4 is 0 Å². The first-order valence-electron chi connectivity index (χ1n) is 3.78. The molecule has 0 fully saturated rings. The molecule has 0 aliphatic carbocycles. The molecule has 0 spiro atoms. The average Bonchev–Trinajstić information content (AvgIpc) is 2.15. The molecule has 64 valence electrons. The molecule has 0 saturated heterocycles. The van der Waals surface area contributed by atoms with E-state index in [0.717, 1.165) is 6.42 Å². The zero-order valence-corrected chi connectivity index (χ0v) is 6.86. The molecule has 0 bridgehead atoms. The van der Waals surface area contributed by atoms with Crippen LogP contribution in [0.4, 0.5) is 0 Å². The monoisotopic (exact) mass is 166 g/mol. The molecule has 0 radical (unpaired) electrons. The fourth-order valence-corrected chi connectivity index (χ4v) is 0.664. The van der Waals surface area contributed by atoms with Gasteiger partial charge in [-0.25, -0.2) is 14.8 Å². The number of hydrogen-bond donors (Lipinski definition) is 0. The van der Waals surface area contributed by atoms with Crippen LogP contribution in [0.2, 0.25) is 0 Å². The second kappa shape index (κ2) is 4.43. The second-order valence-electron chi connectivity index (χ2n) is 2.21. The molecule has 1 aromatic rings. The van der Waals surface area contributed by atoms with Gasteiger partial charge in [0.05, 0.1) is 6.61 Å². The quantitative estimate of drug-likeness (QED) is 0.629. The summed E-state index contributed by atoms with van der Waals surface area (Å²) in [4.78, 5) is 18.5. The summed E-state index contributed by atoms with van der Waals surface area (Å²) in [6.45, 7) is 2.34. The minimum atomic E-state index is -0.461. The third kappa shape index (κ3) is 2.30. The van der Waals surface area contributed by atoms with Gasteiger partial charge in [0.25, 0.3) is 0 Å². The smallest absolute Gasteiger partial charge is 0.376 e. The zero-order chi connectivity index (χ0) is 8.81. The van der Waals surface area contributed by atoms with Crippen molar-refractivity contribution in [2.24, 2.45) is 0 Å². The largest absolute Gasteiger partial charge is 0.460 e. The van der Waals surface area contributed by atoms with Crippen molar-refractivity contribution < 1.29 is 9.53 Å². The molecule has 4 nitrogen and oxygen atoms in total. The lowest BCUT2D eigenvalue weighted by Gasteiger charge is -1.99. The Kier molecular flexibility index (Phi) is 3.19. The summed E-state index contributed by atoms with van der Waals surface area (Å²) in [6.07, 6.45) is 3.82. The lowest BCUT2D eigenvalue weighted by molar-refractivity contribution is 0.0490. The topological polar surface area (TPSA) is 52.1 Å². The molecule has 0 atom stereocenters. The van der Waals surface area contributed by atoms with Crippen molar-refractivity contribution in [3.63, 3.8) is 0 Å². The Balaban J connectivity index is 2.54. The van der Waals surface area contributed by atoms with E-state index in [0.29, 0.717) is 6.61 Å². The Bertz CT molecular complexity index is 248. The maximum atomic E-state index is 11.1. The molecule has 0 saturated carbocycles. The maximum absolute atomic E-state index is 11.1. The van der Waals surface area contributed by atoms with Crippen molar-refractivity contribution in [1.82, 2.24) is 9.97 Å². The Morgan fingerprint density at radius 2 is 2.17 bits per heavy atom. The standard InChI is InChI=1S/C8H10N2O2/c1-2-6-12-8(11)7-9-4-3-5-10-7/h3-5H,2,6H2,1H3. The Morgan fingerprint density at radius 3 is 2.75 bits per heavy atom. The fraction of sp³-hybridized carbons (Fsp3) is 0.375. The molecule has 1 aromatic heterocycles. The van der Waals surface area contributed by atoms with Crippen molar-refractivity contribution in [1.29, 1.82) is 0 Å². The Morgan fingerprint density at radius 1 is 1.50 bits per heavy atom. The van der Waals surface area contributed by atoms with Crippen molar-refractivity contribution >= 4 is 5.97 Å². The van der Waals surface area contributed by atoms with Crippen LogP contribution in [0.1, 0.15) is 24.0 Å². The van der Waals surface area contributed by atoms with Crippen LogP contribution in [-0.2, 0) is 4.74 Å². The highest BCUT2D eigenvalue weighted by atomic mass is 16.5. The number of carbonyl (C=O) groups excluding carboxylic acids is 1. The van der Waals surface area contributed by atoms with E-state index in [-0.39, 0.29) is 5.82 Å². The van der Waals surface area contributed by atoms with Gasteiger partial charge in [0.1, 0.15) is 0 Å². The van der Waals surface area contributed by atoms with Gasteiger partial charge in [0.15, 0.2) is 0 Å². The number of ether oxygens (including phenoxy) is 1. The van der Waals surface area contributed by atoms with Crippen LogP contribution in [0.15, 0.2) is 18.5 Å². The molecule has 0 amide bonds. The van der Waals surface area contributed by atoms with E-state index < -0.39 is 5.97 Å². The van der Waals surface area contributed by atoms with E-state index >= 15 is 0 Å². The van der Waals surface area contributed by atoms with Gasteiger partial charge in [-0.15, -0.1) is 0 Å². The van der Waals surface area contributed by atoms with Crippen molar-refractivity contribution in [2.75, 3.05) is 6.61 Å². The average molecular weight is 166 g/mol. The highest BCUT2D eigenvalue weighted by Gasteiger charge is 2.07. The summed E-state index contributed by atoms with van der Waals surface area (Å²) in [5, 5.41) is 0. The summed E-state index contributed by atoms with van der Waals surface area (Å²) < 4.78 is 4.81. The predicted octanol–water partition coefficient (Wildman–Crippen LogP) is 1.04. The fourth-order valence-electron chi connectivity index (χ4n) is 0.664. The summed E-state index contributed by atoms with van der Waals surface area (Å²) in [5.74, 6) is -0.344. The second-order valence-corrected chi connectivity index (χ2v) is 2.21. The van der Waals surface area contributed by atoms with Crippen LogP contribution in [0.3, 0.4) is 0 Å². The summed E-state index contributed by atoms with van der Waals surface area (Å²) in [5.41, 5.74) is 0. The van der Waals surface area contributed by atoms with Gasteiger partial charge in [-0.3, -0.25) is 0 Å². The SMILES string of the molecule is CCCOC(=O)c1ncccn1. The van der Waals surface area contributed by atoms with E-state index in [9.17, 15) is 4.79 Å². The zero-order valence-electron chi connectivity index (χ0n) is 6.86. The molecule has 0 N–H and O–H groups in total. The van der Waals surface area contributed by atoms with Crippen molar-refractivity contribution in [3.05, 3.63) is 24.3 Å². The lowest BCUT2D eigenvalue weighted by Crippen LogP contribution is -2.09. The Hall–Kier alpha value is -1.45. The minimum Gasteiger partial charge on any atom is -0.460 e. The maximum Gasteiger partial charge on any atom is 0.376 e.